The molecule has 0 saturated heterocycles. The number of benzene rings is 1. The quantitative estimate of drug-likeness (QED) is 0.711. The Morgan fingerprint density at radius 1 is 1.29 bits per heavy atom. The molecular formula is C11H11IrN2-. The molecule has 0 aliphatic heterocycles. The van der Waals surface area contributed by atoms with Crippen LogP contribution in [0.25, 0.3) is 5.69 Å². The van der Waals surface area contributed by atoms with Crippen LogP contribution in [0, 0.1) is 19.9 Å². The van der Waals surface area contributed by atoms with Crippen molar-refractivity contribution >= 4 is 0 Å². The zero-order valence-corrected chi connectivity index (χ0v) is 10.5. The van der Waals surface area contributed by atoms with Gasteiger partial charge in [-0.3, -0.25) is 4.68 Å². The monoisotopic (exact) mass is 364 g/mol. The standard InChI is InChI=1S/C11H11N2.Ir/c1-9-4-3-5-11(8-9)13-7-6-10(2)12-13;/h3-4,6-8H,1-2H3;/q-1;. The van der Waals surface area contributed by atoms with Crippen molar-refractivity contribution in [2.24, 2.45) is 0 Å². The van der Waals surface area contributed by atoms with Gasteiger partial charge in [-0.25, -0.2) is 0 Å². The van der Waals surface area contributed by atoms with E-state index in [9.17, 15) is 0 Å². The summed E-state index contributed by atoms with van der Waals surface area (Å²) in [7, 11) is 0. The first-order valence-corrected chi connectivity index (χ1v) is 4.27. The van der Waals surface area contributed by atoms with Gasteiger partial charge in [-0.2, -0.15) is 28.9 Å². The Morgan fingerprint density at radius 2 is 2.07 bits per heavy atom. The van der Waals surface area contributed by atoms with E-state index in [1.54, 1.807) is 0 Å². The molecule has 14 heavy (non-hydrogen) atoms. The van der Waals surface area contributed by atoms with Gasteiger partial charge in [0.15, 0.2) is 0 Å². The second-order valence-corrected chi connectivity index (χ2v) is 3.15. The van der Waals surface area contributed by atoms with Crippen LogP contribution in [0.5, 0.6) is 0 Å². The number of nitrogens with zero attached hydrogens (tertiary/aromatic N) is 2. The molecule has 1 aromatic heterocycles. The SMILES string of the molecule is Cc1cc[c-]c(-n2ccc(C)n2)c1.[Ir]. The molecule has 2 nitrogen and oxygen atoms in total. The maximum absolute atomic E-state index is 4.31. The normalized spacial score (nSPS) is 9.57. The van der Waals surface area contributed by atoms with E-state index in [4.69, 9.17) is 0 Å². The molecule has 1 radical (unpaired) electrons. The van der Waals surface area contributed by atoms with Crippen molar-refractivity contribution in [3.8, 4) is 5.69 Å². The summed E-state index contributed by atoms with van der Waals surface area (Å²) >= 11 is 0. The van der Waals surface area contributed by atoms with Crippen LogP contribution in [0.3, 0.4) is 0 Å². The Labute approximate surface area is 97.3 Å². The Bertz CT molecular complexity index is 421. The maximum Gasteiger partial charge on any atom is 0.0597 e. The van der Waals surface area contributed by atoms with Gasteiger partial charge in [0, 0.05) is 26.3 Å². The summed E-state index contributed by atoms with van der Waals surface area (Å²) in [6.45, 7) is 4.04. The van der Waals surface area contributed by atoms with Gasteiger partial charge in [0.1, 0.15) is 0 Å². The predicted molar refractivity (Wildman–Crippen MR) is 51.9 cm³/mol. The molecular weight excluding hydrogens is 352 g/mol. The first-order chi connectivity index (χ1) is 6.25. The Morgan fingerprint density at radius 3 is 2.64 bits per heavy atom. The summed E-state index contributed by atoms with van der Waals surface area (Å²) in [5, 5.41) is 4.31. The fourth-order valence-electron chi connectivity index (χ4n) is 1.25. The summed E-state index contributed by atoms with van der Waals surface area (Å²) in [6.07, 6.45) is 1.95. The third kappa shape index (κ3) is 2.31. The van der Waals surface area contributed by atoms with Gasteiger partial charge in [0.05, 0.1) is 5.69 Å². The number of rotatable bonds is 1. The molecule has 3 heteroatoms. The van der Waals surface area contributed by atoms with Crippen molar-refractivity contribution in [2.75, 3.05) is 0 Å². The molecule has 0 amide bonds. The number of aryl methyl sites for hydroxylation is 2. The third-order valence-electron chi connectivity index (χ3n) is 1.91. The predicted octanol–water partition coefficient (Wildman–Crippen LogP) is 2.29. The van der Waals surface area contributed by atoms with Crippen LogP contribution in [0.1, 0.15) is 11.3 Å². The second-order valence-electron chi connectivity index (χ2n) is 3.15. The summed E-state index contributed by atoms with van der Waals surface area (Å²) in [5.74, 6) is 0. The van der Waals surface area contributed by atoms with E-state index in [0.29, 0.717) is 0 Å². The van der Waals surface area contributed by atoms with Crippen molar-refractivity contribution < 1.29 is 20.1 Å². The van der Waals surface area contributed by atoms with E-state index in [1.165, 1.54) is 5.56 Å². The minimum absolute atomic E-state index is 0. The fourth-order valence-corrected chi connectivity index (χ4v) is 1.25. The van der Waals surface area contributed by atoms with Gasteiger partial charge in [-0.1, -0.05) is 6.92 Å². The minimum Gasteiger partial charge on any atom is -0.265 e. The Hall–Kier alpha value is -0.921. The first kappa shape index (κ1) is 11.2. The third-order valence-corrected chi connectivity index (χ3v) is 1.91. The van der Waals surface area contributed by atoms with E-state index >= 15 is 0 Å². The molecule has 1 heterocycles. The summed E-state index contributed by atoms with van der Waals surface area (Å²) < 4.78 is 1.84. The van der Waals surface area contributed by atoms with Crippen LogP contribution in [0.2, 0.25) is 0 Å². The van der Waals surface area contributed by atoms with Gasteiger partial charge in [0.2, 0.25) is 0 Å². The van der Waals surface area contributed by atoms with Crippen molar-refractivity contribution in [3.05, 3.63) is 47.8 Å². The molecule has 0 fully saturated rings. The smallest absolute Gasteiger partial charge is 0.0597 e. The zero-order valence-electron chi connectivity index (χ0n) is 8.11. The minimum atomic E-state index is 0. The van der Waals surface area contributed by atoms with E-state index in [0.717, 1.165) is 11.4 Å². The van der Waals surface area contributed by atoms with Crippen LogP contribution in [-0.2, 0) is 20.1 Å². The number of hydrogen-bond donors (Lipinski definition) is 0. The molecule has 2 aromatic rings. The molecule has 0 aliphatic carbocycles. The Kier molecular flexibility index (Phi) is 3.61. The molecule has 0 saturated carbocycles. The first-order valence-electron chi connectivity index (χ1n) is 4.27. The zero-order chi connectivity index (χ0) is 9.26. The van der Waals surface area contributed by atoms with Crippen LogP contribution in [0.4, 0.5) is 0 Å². The molecule has 0 bridgehead atoms. The van der Waals surface area contributed by atoms with E-state index in [1.807, 2.05) is 36.0 Å². The van der Waals surface area contributed by atoms with Crippen LogP contribution < -0.4 is 0 Å². The van der Waals surface area contributed by atoms with Crippen molar-refractivity contribution in [3.63, 3.8) is 0 Å². The molecule has 0 N–H and O–H groups in total. The molecule has 0 spiro atoms. The summed E-state index contributed by atoms with van der Waals surface area (Å²) in [6, 6.07) is 11.1. The molecule has 75 valence electrons. The van der Waals surface area contributed by atoms with Crippen LogP contribution in [-0.4, -0.2) is 9.78 Å². The van der Waals surface area contributed by atoms with Crippen molar-refractivity contribution in [2.45, 2.75) is 13.8 Å². The fraction of sp³-hybridized carbons (Fsp3) is 0.182. The molecule has 0 unspecified atom stereocenters. The average molecular weight is 363 g/mol. The molecule has 1 aromatic carbocycles. The maximum atomic E-state index is 4.31. The van der Waals surface area contributed by atoms with Crippen molar-refractivity contribution in [1.29, 1.82) is 0 Å². The van der Waals surface area contributed by atoms with Gasteiger partial charge in [-0.15, -0.1) is 6.07 Å². The summed E-state index contributed by atoms with van der Waals surface area (Å²) in [4.78, 5) is 0. The largest absolute Gasteiger partial charge is 0.265 e. The average Bonchev–Trinajstić information content (AvgIpc) is 2.52. The topological polar surface area (TPSA) is 17.8 Å². The van der Waals surface area contributed by atoms with E-state index in [2.05, 4.69) is 24.2 Å². The molecule has 0 atom stereocenters. The number of aromatic nitrogens is 2. The number of hydrogen-bond acceptors (Lipinski definition) is 1. The molecule has 2 rings (SSSR count). The van der Waals surface area contributed by atoms with Crippen LogP contribution >= 0.6 is 0 Å². The van der Waals surface area contributed by atoms with Crippen LogP contribution in [0.15, 0.2) is 30.5 Å². The Balaban J connectivity index is 0.000000980. The summed E-state index contributed by atoms with van der Waals surface area (Å²) in [5.41, 5.74) is 3.24. The van der Waals surface area contributed by atoms with Gasteiger partial charge in [-0.05, 0) is 18.7 Å². The van der Waals surface area contributed by atoms with Gasteiger partial charge >= 0.3 is 0 Å². The van der Waals surface area contributed by atoms with Gasteiger partial charge < -0.3 is 0 Å². The van der Waals surface area contributed by atoms with E-state index < -0.39 is 0 Å². The van der Waals surface area contributed by atoms with Crippen molar-refractivity contribution in [1.82, 2.24) is 9.78 Å². The van der Waals surface area contributed by atoms with E-state index in [-0.39, 0.29) is 20.1 Å². The second kappa shape index (κ2) is 4.54. The van der Waals surface area contributed by atoms with Gasteiger partial charge in [0.25, 0.3) is 0 Å². The molecule has 0 aliphatic rings.